The topological polar surface area (TPSA) is 81.1 Å². The number of nitrogens with one attached hydrogen (secondary N) is 1. The van der Waals surface area contributed by atoms with Crippen molar-refractivity contribution in [3.05, 3.63) is 42.4 Å². The van der Waals surface area contributed by atoms with Crippen molar-refractivity contribution in [3.63, 3.8) is 0 Å². The van der Waals surface area contributed by atoms with E-state index in [0.29, 0.717) is 42.7 Å². The number of nitrogens with zero attached hydrogens (tertiary/aromatic N) is 1. The number of rotatable bonds is 5. The fourth-order valence-corrected chi connectivity index (χ4v) is 4.67. The van der Waals surface area contributed by atoms with Gasteiger partial charge in [-0.15, -0.1) is 0 Å². The lowest BCUT2D eigenvalue weighted by Crippen LogP contribution is -2.53. The molecule has 5 nitrogen and oxygen atoms in total. The van der Waals surface area contributed by atoms with Crippen molar-refractivity contribution in [3.8, 4) is 11.3 Å². The Morgan fingerprint density at radius 2 is 1.92 bits per heavy atom. The number of hydrogen-bond acceptors (Lipinski definition) is 4. The van der Waals surface area contributed by atoms with Crippen molar-refractivity contribution in [1.82, 2.24) is 10.3 Å². The van der Waals surface area contributed by atoms with Crippen LogP contribution in [0, 0.1) is 11.8 Å². The molecule has 2 atom stereocenters. The van der Waals surface area contributed by atoms with E-state index in [9.17, 15) is 4.79 Å². The highest BCUT2D eigenvalue weighted by Crippen LogP contribution is 2.39. The smallest absolute Gasteiger partial charge is 0.220 e. The Hall–Kier alpha value is -2.14. The molecule has 26 heavy (non-hydrogen) atoms. The molecule has 2 bridgehead atoms. The van der Waals surface area contributed by atoms with Gasteiger partial charge in [0, 0.05) is 30.5 Å². The highest BCUT2D eigenvalue weighted by Gasteiger charge is 2.39. The molecule has 0 saturated heterocycles. The molecule has 1 aromatic carbocycles. The first-order chi connectivity index (χ1) is 12.7. The molecule has 1 heterocycles. The Bertz CT molecular complexity index is 729. The molecular weight excluding hydrogens is 326 g/mol. The lowest BCUT2D eigenvalue weighted by molar-refractivity contribution is -0.123. The molecule has 2 aromatic rings. The molecule has 138 valence electrons. The maximum absolute atomic E-state index is 12.5. The third-order valence-corrected chi connectivity index (χ3v) is 5.88. The van der Waals surface area contributed by atoms with E-state index in [2.05, 4.69) is 10.3 Å². The fourth-order valence-electron chi connectivity index (χ4n) is 4.67. The minimum absolute atomic E-state index is 0.0989. The third-order valence-electron chi connectivity index (χ3n) is 5.88. The summed E-state index contributed by atoms with van der Waals surface area (Å²) >= 11 is 0. The Morgan fingerprint density at radius 1 is 1.19 bits per heavy atom. The van der Waals surface area contributed by atoms with Crippen molar-refractivity contribution in [2.45, 2.75) is 57.0 Å². The zero-order valence-corrected chi connectivity index (χ0v) is 15.1. The number of amides is 1. The van der Waals surface area contributed by atoms with E-state index in [4.69, 9.17) is 10.2 Å². The van der Waals surface area contributed by atoms with Gasteiger partial charge in [-0.1, -0.05) is 36.8 Å². The second kappa shape index (κ2) is 7.62. The molecule has 4 rings (SSSR count). The van der Waals surface area contributed by atoms with E-state index in [1.165, 1.54) is 19.3 Å². The number of fused-ring (bicyclic) bond motifs is 2. The van der Waals surface area contributed by atoms with Crippen LogP contribution in [-0.4, -0.2) is 23.0 Å². The molecule has 5 heteroatoms. The number of nitrogens with two attached hydrogens (primary N) is 1. The summed E-state index contributed by atoms with van der Waals surface area (Å²) < 4.78 is 5.79. The lowest BCUT2D eigenvalue weighted by atomic mass is 9.67. The number of benzene rings is 1. The fraction of sp³-hybridized carbons (Fsp3) is 0.524. The highest BCUT2D eigenvalue weighted by atomic mass is 16.4. The second-order valence-corrected chi connectivity index (χ2v) is 7.76. The number of aromatic nitrogens is 1. The van der Waals surface area contributed by atoms with Gasteiger partial charge in [-0.3, -0.25) is 4.79 Å². The van der Waals surface area contributed by atoms with Gasteiger partial charge >= 0.3 is 0 Å². The van der Waals surface area contributed by atoms with Gasteiger partial charge in [-0.05, 0) is 37.5 Å². The van der Waals surface area contributed by atoms with E-state index >= 15 is 0 Å². The summed E-state index contributed by atoms with van der Waals surface area (Å²) in [6.45, 7) is 0. The normalized spacial score (nSPS) is 27.9. The standard InChI is InChI=1S/C21H27N3O2/c22-17-11-15-7-4-8-16(12-17)21(15)24-19(25)9-10-20-23-13-18(26-20)14-5-2-1-3-6-14/h1-3,5-6,13,15-17,21H,4,7-12,22H2,(H,24,25). The Kier molecular flexibility index (Phi) is 5.07. The van der Waals surface area contributed by atoms with Crippen LogP contribution in [-0.2, 0) is 11.2 Å². The van der Waals surface area contributed by atoms with Crippen molar-refractivity contribution in [1.29, 1.82) is 0 Å². The van der Waals surface area contributed by atoms with Crippen LogP contribution >= 0.6 is 0 Å². The number of aryl methyl sites for hydroxylation is 1. The first kappa shape index (κ1) is 17.3. The van der Waals surface area contributed by atoms with E-state index in [0.717, 1.165) is 24.2 Å². The maximum atomic E-state index is 12.5. The van der Waals surface area contributed by atoms with Crippen LogP contribution < -0.4 is 11.1 Å². The van der Waals surface area contributed by atoms with Gasteiger partial charge in [0.2, 0.25) is 5.91 Å². The SMILES string of the molecule is NC1CC2CCCC(C1)C2NC(=O)CCc1ncc(-c2ccccc2)o1. The molecule has 0 aliphatic heterocycles. The molecule has 2 aliphatic rings. The van der Waals surface area contributed by atoms with Crippen LogP contribution in [0.5, 0.6) is 0 Å². The maximum Gasteiger partial charge on any atom is 0.220 e. The number of carbonyl (C=O) groups excluding carboxylic acids is 1. The van der Waals surface area contributed by atoms with Crippen molar-refractivity contribution >= 4 is 5.91 Å². The summed E-state index contributed by atoms with van der Waals surface area (Å²) in [5.74, 6) is 2.56. The molecule has 2 fully saturated rings. The van der Waals surface area contributed by atoms with Gasteiger partial charge in [-0.25, -0.2) is 4.98 Å². The van der Waals surface area contributed by atoms with Crippen LogP contribution in [0.25, 0.3) is 11.3 Å². The van der Waals surface area contributed by atoms with E-state index in [1.807, 2.05) is 30.3 Å². The molecule has 2 unspecified atom stereocenters. The summed E-state index contributed by atoms with van der Waals surface area (Å²) in [6.07, 6.45) is 8.41. The third kappa shape index (κ3) is 3.83. The predicted molar refractivity (Wildman–Crippen MR) is 100 cm³/mol. The summed E-state index contributed by atoms with van der Waals surface area (Å²) in [5.41, 5.74) is 7.17. The molecule has 2 saturated carbocycles. The van der Waals surface area contributed by atoms with Crippen LogP contribution in [0.3, 0.4) is 0 Å². The van der Waals surface area contributed by atoms with Crippen LogP contribution in [0.15, 0.2) is 40.9 Å². The predicted octanol–water partition coefficient (Wildman–Crippen LogP) is 3.30. The summed E-state index contributed by atoms with van der Waals surface area (Å²) in [6, 6.07) is 10.5. The van der Waals surface area contributed by atoms with Crippen LogP contribution in [0.2, 0.25) is 0 Å². The van der Waals surface area contributed by atoms with Gasteiger partial charge in [0.1, 0.15) is 0 Å². The van der Waals surface area contributed by atoms with Gasteiger partial charge in [-0.2, -0.15) is 0 Å². The van der Waals surface area contributed by atoms with Crippen molar-refractivity contribution in [2.24, 2.45) is 17.6 Å². The Labute approximate surface area is 154 Å². The zero-order valence-electron chi connectivity index (χ0n) is 15.1. The largest absolute Gasteiger partial charge is 0.441 e. The number of oxazole rings is 1. The highest BCUT2D eigenvalue weighted by molar-refractivity contribution is 5.76. The minimum atomic E-state index is 0.0989. The molecule has 0 radical (unpaired) electrons. The number of carbonyl (C=O) groups is 1. The average molecular weight is 353 g/mol. The van der Waals surface area contributed by atoms with Gasteiger partial charge < -0.3 is 15.5 Å². The second-order valence-electron chi connectivity index (χ2n) is 7.76. The van der Waals surface area contributed by atoms with Gasteiger partial charge in [0.25, 0.3) is 0 Å². The number of hydrogen-bond donors (Lipinski definition) is 2. The molecule has 1 amide bonds. The van der Waals surface area contributed by atoms with E-state index in [-0.39, 0.29) is 5.91 Å². The minimum Gasteiger partial charge on any atom is -0.441 e. The molecule has 0 spiro atoms. The quantitative estimate of drug-likeness (QED) is 0.864. The van der Waals surface area contributed by atoms with Crippen LogP contribution in [0.1, 0.15) is 44.4 Å². The molecule has 1 aromatic heterocycles. The summed E-state index contributed by atoms with van der Waals surface area (Å²) in [5, 5.41) is 3.29. The first-order valence-corrected chi connectivity index (χ1v) is 9.74. The Morgan fingerprint density at radius 3 is 2.65 bits per heavy atom. The van der Waals surface area contributed by atoms with Crippen molar-refractivity contribution < 1.29 is 9.21 Å². The monoisotopic (exact) mass is 353 g/mol. The molecule has 2 aliphatic carbocycles. The van der Waals surface area contributed by atoms with Gasteiger partial charge in [0.05, 0.1) is 6.20 Å². The van der Waals surface area contributed by atoms with Crippen LogP contribution in [0.4, 0.5) is 0 Å². The van der Waals surface area contributed by atoms with Crippen molar-refractivity contribution in [2.75, 3.05) is 0 Å². The summed E-state index contributed by atoms with van der Waals surface area (Å²) in [7, 11) is 0. The average Bonchev–Trinajstić information content (AvgIpc) is 3.11. The molecule has 3 N–H and O–H groups in total. The zero-order chi connectivity index (χ0) is 17.9. The van der Waals surface area contributed by atoms with Gasteiger partial charge in [0.15, 0.2) is 11.7 Å². The van der Waals surface area contributed by atoms with E-state index in [1.54, 1.807) is 6.20 Å². The first-order valence-electron chi connectivity index (χ1n) is 9.74. The Balaban J connectivity index is 1.31. The van der Waals surface area contributed by atoms with E-state index < -0.39 is 0 Å². The molecular formula is C21H27N3O2. The lowest BCUT2D eigenvalue weighted by Gasteiger charge is -2.45. The summed E-state index contributed by atoms with van der Waals surface area (Å²) in [4.78, 5) is 16.8.